The van der Waals surface area contributed by atoms with Crippen molar-refractivity contribution in [2.75, 3.05) is 6.54 Å². The maximum absolute atomic E-state index is 9.99. The molecule has 0 aromatic carbocycles. The number of aliphatic hydroxyl groups is 4. The highest BCUT2D eigenvalue weighted by molar-refractivity contribution is 7.17. The second kappa shape index (κ2) is 7.05. The van der Waals surface area contributed by atoms with Gasteiger partial charge in [0, 0.05) is 6.42 Å². The summed E-state index contributed by atoms with van der Waals surface area (Å²) in [7, 11) is 2.01. The van der Waals surface area contributed by atoms with Crippen LogP contribution in [0.1, 0.15) is 6.42 Å². The van der Waals surface area contributed by atoms with Gasteiger partial charge in [0.05, 0.1) is 18.5 Å². The average Bonchev–Trinajstić information content (AvgIpc) is 2.15. The number of amides is 1. The Bertz CT molecular complexity index is 192. The van der Waals surface area contributed by atoms with E-state index in [4.69, 9.17) is 10.3 Å². The van der Waals surface area contributed by atoms with Gasteiger partial charge in [0.2, 0.25) is 6.41 Å². The summed E-state index contributed by atoms with van der Waals surface area (Å²) in [4.78, 5) is 9.99. The first-order chi connectivity index (χ1) is 6.88. The van der Waals surface area contributed by atoms with Crippen LogP contribution in [0.4, 0.5) is 0 Å². The van der Waals surface area contributed by atoms with Gasteiger partial charge in [-0.2, -0.15) is 0 Å². The quantitative estimate of drug-likeness (QED) is 0.145. The Hall–Kier alpha value is -0.300. The average molecular weight is 241 g/mol. The van der Waals surface area contributed by atoms with E-state index in [0.29, 0.717) is 0 Å². The van der Waals surface area contributed by atoms with Crippen LogP contribution in [0.3, 0.4) is 0 Å². The molecule has 0 aromatic heterocycles. The van der Waals surface area contributed by atoms with Gasteiger partial charge in [-0.15, -0.1) is 9.24 Å². The first-order valence-corrected chi connectivity index (χ1v) is 4.93. The van der Waals surface area contributed by atoms with Gasteiger partial charge >= 0.3 is 0 Å². The van der Waals surface area contributed by atoms with Gasteiger partial charge in [-0.25, -0.2) is 5.06 Å². The van der Waals surface area contributed by atoms with E-state index < -0.39 is 30.7 Å². The Morgan fingerprint density at radius 3 is 2.13 bits per heavy atom. The largest absolute Gasteiger partial charge is 0.390 e. The summed E-state index contributed by atoms with van der Waals surface area (Å²) in [6.07, 6.45) is -4.45. The van der Waals surface area contributed by atoms with Crippen LogP contribution < -0.4 is 0 Å². The van der Waals surface area contributed by atoms with Crippen molar-refractivity contribution in [1.29, 1.82) is 0 Å². The third-order valence-corrected chi connectivity index (χ3v) is 2.04. The summed E-state index contributed by atoms with van der Waals surface area (Å²) in [5.41, 5.74) is 0. The van der Waals surface area contributed by atoms with Crippen molar-refractivity contribution in [2.45, 2.75) is 30.6 Å². The molecule has 15 heavy (non-hydrogen) atoms. The van der Waals surface area contributed by atoms with E-state index in [1.165, 1.54) is 0 Å². The summed E-state index contributed by atoms with van der Waals surface area (Å²) >= 11 is 0. The maximum Gasteiger partial charge on any atom is 0.233 e. The molecule has 7 nitrogen and oxygen atoms in total. The lowest BCUT2D eigenvalue weighted by atomic mass is 10.1. The number of hydrogen-bond donors (Lipinski definition) is 5. The summed E-state index contributed by atoms with van der Waals surface area (Å²) in [6, 6.07) is 0. The minimum absolute atomic E-state index is 0.0623. The van der Waals surface area contributed by atoms with Gasteiger partial charge in [0.1, 0.15) is 12.2 Å². The molecule has 0 radical (unpaired) electrons. The monoisotopic (exact) mass is 241 g/mol. The SMILES string of the molecule is O=CN(O)C[C@H](O)[C@H](O)[C@H](O)CC(O)P. The minimum Gasteiger partial charge on any atom is -0.390 e. The third-order valence-electron chi connectivity index (χ3n) is 1.77. The fourth-order valence-electron chi connectivity index (χ4n) is 0.986. The van der Waals surface area contributed by atoms with E-state index in [-0.39, 0.29) is 17.9 Å². The molecule has 0 rings (SSSR count). The van der Waals surface area contributed by atoms with Crippen LogP contribution in [0.2, 0.25) is 0 Å². The zero-order valence-corrected chi connectivity index (χ0v) is 9.12. The summed E-state index contributed by atoms with van der Waals surface area (Å²) in [5, 5.41) is 45.5. The van der Waals surface area contributed by atoms with E-state index in [0.717, 1.165) is 0 Å². The predicted octanol–water partition coefficient (Wildman–Crippen LogP) is -2.50. The second-order valence-corrected chi connectivity index (χ2v) is 3.93. The van der Waals surface area contributed by atoms with Gasteiger partial charge < -0.3 is 20.4 Å². The van der Waals surface area contributed by atoms with E-state index >= 15 is 0 Å². The van der Waals surface area contributed by atoms with Crippen LogP contribution in [0.5, 0.6) is 0 Å². The number of aliphatic hydroxyl groups excluding tert-OH is 4. The topological polar surface area (TPSA) is 121 Å². The fourth-order valence-corrected chi connectivity index (χ4v) is 1.26. The molecule has 0 heterocycles. The molecule has 0 spiro atoms. The van der Waals surface area contributed by atoms with Crippen molar-refractivity contribution in [2.24, 2.45) is 0 Å². The first-order valence-electron chi connectivity index (χ1n) is 4.27. The van der Waals surface area contributed by atoms with Crippen molar-refractivity contribution >= 4 is 15.6 Å². The van der Waals surface area contributed by atoms with Gasteiger partial charge in [-0.05, 0) is 0 Å². The Kier molecular flexibility index (Phi) is 6.91. The highest BCUT2D eigenvalue weighted by Gasteiger charge is 2.26. The molecule has 0 bridgehead atoms. The van der Waals surface area contributed by atoms with Crippen molar-refractivity contribution in [1.82, 2.24) is 5.06 Å². The number of hydrogen-bond acceptors (Lipinski definition) is 6. The predicted molar refractivity (Wildman–Crippen MR) is 52.9 cm³/mol. The van der Waals surface area contributed by atoms with E-state index in [1.54, 1.807) is 0 Å². The third kappa shape index (κ3) is 5.99. The van der Waals surface area contributed by atoms with Gasteiger partial charge in [0.25, 0.3) is 0 Å². The van der Waals surface area contributed by atoms with Crippen LogP contribution >= 0.6 is 9.24 Å². The fraction of sp³-hybridized carbons (Fsp3) is 0.857. The zero-order chi connectivity index (χ0) is 12.0. The first kappa shape index (κ1) is 14.7. The Balaban J connectivity index is 4.06. The van der Waals surface area contributed by atoms with Crippen molar-refractivity contribution in [3.63, 3.8) is 0 Å². The number of nitrogens with zero attached hydrogens (tertiary/aromatic N) is 1. The summed E-state index contributed by atoms with van der Waals surface area (Å²) < 4.78 is 0. The second-order valence-electron chi connectivity index (χ2n) is 3.16. The van der Waals surface area contributed by atoms with Gasteiger partial charge in [-0.1, -0.05) is 0 Å². The lowest BCUT2D eigenvalue weighted by Gasteiger charge is -2.24. The molecule has 5 atom stereocenters. The molecule has 1 amide bonds. The van der Waals surface area contributed by atoms with Crippen LogP contribution in [0.25, 0.3) is 0 Å². The number of rotatable bonds is 7. The van der Waals surface area contributed by atoms with Crippen molar-refractivity contribution in [3.05, 3.63) is 0 Å². The molecule has 8 heteroatoms. The lowest BCUT2D eigenvalue weighted by Crippen LogP contribution is -2.44. The van der Waals surface area contributed by atoms with Gasteiger partial charge in [-0.3, -0.25) is 10.0 Å². The highest BCUT2D eigenvalue weighted by atomic mass is 31.0. The Morgan fingerprint density at radius 1 is 1.20 bits per heavy atom. The molecular formula is C7H16NO6P. The molecule has 0 saturated carbocycles. The molecule has 5 N–H and O–H groups in total. The van der Waals surface area contributed by atoms with Crippen LogP contribution in [0.15, 0.2) is 0 Å². The molecule has 2 unspecified atom stereocenters. The molecule has 90 valence electrons. The van der Waals surface area contributed by atoms with E-state index in [1.807, 2.05) is 9.24 Å². The highest BCUT2D eigenvalue weighted by Crippen LogP contribution is 2.11. The minimum atomic E-state index is -1.55. The van der Waals surface area contributed by atoms with E-state index in [2.05, 4.69) is 0 Å². The van der Waals surface area contributed by atoms with Crippen LogP contribution in [-0.4, -0.2) is 67.8 Å². The number of carbonyl (C=O) groups is 1. The smallest absolute Gasteiger partial charge is 0.233 e. The lowest BCUT2D eigenvalue weighted by molar-refractivity contribution is -0.163. The number of hydroxylamine groups is 2. The summed E-state index contributed by atoms with van der Waals surface area (Å²) in [5.74, 6) is -0.904. The van der Waals surface area contributed by atoms with Crippen molar-refractivity contribution < 1.29 is 30.4 Å². The van der Waals surface area contributed by atoms with Crippen LogP contribution in [0, 0.1) is 0 Å². The molecule has 0 saturated heterocycles. The Labute approximate surface area is 89.1 Å². The molecule has 0 aromatic rings. The Morgan fingerprint density at radius 2 is 1.73 bits per heavy atom. The van der Waals surface area contributed by atoms with Crippen LogP contribution in [-0.2, 0) is 4.79 Å². The van der Waals surface area contributed by atoms with E-state index in [9.17, 15) is 20.1 Å². The normalized spacial score (nSPS) is 19.1. The standard InChI is InChI=1S/C7H16NO6P/c9-3-8(14)2-5(11)7(13)4(10)1-6(12)15/h3-7,10-14H,1-2,15H2/t4-,5+,6?,7-/m1/s1. The number of carbonyl (C=O) groups excluding carboxylic acids is 1. The summed E-state index contributed by atoms with van der Waals surface area (Å²) in [6.45, 7) is -0.519. The molecule has 0 aliphatic carbocycles. The van der Waals surface area contributed by atoms with Crippen molar-refractivity contribution in [3.8, 4) is 0 Å². The molecule has 0 aliphatic rings. The molecular weight excluding hydrogens is 225 g/mol. The molecule has 0 fully saturated rings. The van der Waals surface area contributed by atoms with Gasteiger partial charge in [0.15, 0.2) is 0 Å². The maximum atomic E-state index is 9.99. The zero-order valence-electron chi connectivity index (χ0n) is 7.97. The molecule has 0 aliphatic heterocycles.